The molecular weight excluding hydrogens is 196 g/mol. The topological polar surface area (TPSA) is 9.23 Å². The van der Waals surface area contributed by atoms with Crippen molar-refractivity contribution in [3.05, 3.63) is 28.3 Å². The van der Waals surface area contributed by atoms with E-state index in [0.29, 0.717) is 5.88 Å². The Morgan fingerprint density at radius 1 is 1.21 bits per heavy atom. The summed E-state index contributed by atoms with van der Waals surface area (Å²) in [5.74, 6) is 1.64. The Labute approximate surface area is 91.0 Å². The van der Waals surface area contributed by atoms with E-state index in [4.69, 9.17) is 16.3 Å². The van der Waals surface area contributed by atoms with Crippen molar-refractivity contribution < 1.29 is 4.74 Å². The van der Waals surface area contributed by atoms with Gasteiger partial charge in [-0.2, -0.15) is 0 Å². The summed E-state index contributed by atoms with van der Waals surface area (Å²) in [7, 11) is 1.72. The molecule has 0 saturated heterocycles. The van der Waals surface area contributed by atoms with Crippen LogP contribution in [-0.4, -0.2) is 13.0 Å². The molecule has 2 heteroatoms. The molecule has 14 heavy (non-hydrogen) atoms. The number of hydrogen-bond donors (Lipinski definition) is 0. The number of aryl methyl sites for hydroxylation is 2. The number of hydrogen-bond acceptors (Lipinski definition) is 1. The van der Waals surface area contributed by atoms with E-state index in [-0.39, 0.29) is 0 Å². The SMILES string of the molecule is COc1c(C)c(C)cc(C)c1CCCl. The highest BCUT2D eigenvalue weighted by atomic mass is 35.5. The van der Waals surface area contributed by atoms with Gasteiger partial charge in [0.1, 0.15) is 5.75 Å². The van der Waals surface area contributed by atoms with Crippen LogP contribution in [0.3, 0.4) is 0 Å². The fourth-order valence-corrected chi connectivity index (χ4v) is 1.98. The molecule has 0 aromatic heterocycles. The summed E-state index contributed by atoms with van der Waals surface area (Å²) in [5.41, 5.74) is 5.01. The predicted molar refractivity (Wildman–Crippen MR) is 61.6 cm³/mol. The molecule has 0 aliphatic heterocycles. The number of rotatable bonds is 3. The van der Waals surface area contributed by atoms with Gasteiger partial charge in [0.2, 0.25) is 0 Å². The van der Waals surface area contributed by atoms with E-state index >= 15 is 0 Å². The van der Waals surface area contributed by atoms with Gasteiger partial charge in [0.05, 0.1) is 7.11 Å². The second kappa shape index (κ2) is 4.70. The molecule has 0 unspecified atom stereocenters. The average Bonchev–Trinajstić information content (AvgIpc) is 2.15. The van der Waals surface area contributed by atoms with Crippen LogP contribution in [0.5, 0.6) is 5.75 Å². The average molecular weight is 213 g/mol. The first-order valence-electron chi connectivity index (χ1n) is 4.81. The van der Waals surface area contributed by atoms with E-state index in [1.54, 1.807) is 7.11 Å². The molecule has 0 aliphatic rings. The highest BCUT2D eigenvalue weighted by molar-refractivity contribution is 6.18. The predicted octanol–water partition coefficient (Wildman–Crippen LogP) is 3.40. The molecule has 0 saturated carbocycles. The summed E-state index contributed by atoms with van der Waals surface area (Å²) < 4.78 is 5.43. The van der Waals surface area contributed by atoms with Crippen molar-refractivity contribution in [2.24, 2.45) is 0 Å². The third-order valence-electron chi connectivity index (χ3n) is 2.66. The number of benzene rings is 1. The Hall–Kier alpha value is -0.690. The van der Waals surface area contributed by atoms with Crippen LogP contribution in [0.2, 0.25) is 0 Å². The van der Waals surface area contributed by atoms with Gasteiger partial charge in [0.15, 0.2) is 0 Å². The van der Waals surface area contributed by atoms with Crippen molar-refractivity contribution in [3.8, 4) is 5.75 Å². The van der Waals surface area contributed by atoms with Gasteiger partial charge in [-0.1, -0.05) is 6.07 Å². The summed E-state index contributed by atoms with van der Waals surface area (Å²) in [6, 6.07) is 2.19. The molecule has 0 spiro atoms. The molecule has 0 radical (unpaired) electrons. The van der Waals surface area contributed by atoms with E-state index in [2.05, 4.69) is 26.8 Å². The minimum absolute atomic E-state index is 0.639. The van der Waals surface area contributed by atoms with Gasteiger partial charge in [-0.3, -0.25) is 0 Å². The minimum atomic E-state index is 0.639. The van der Waals surface area contributed by atoms with Gasteiger partial charge in [0.25, 0.3) is 0 Å². The first kappa shape index (κ1) is 11.4. The highest BCUT2D eigenvalue weighted by Crippen LogP contribution is 2.29. The number of ether oxygens (including phenoxy) is 1. The van der Waals surface area contributed by atoms with Crippen molar-refractivity contribution in [2.75, 3.05) is 13.0 Å². The Morgan fingerprint density at radius 3 is 2.36 bits per heavy atom. The lowest BCUT2D eigenvalue weighted by Gasteiger charge is -2.15. The zero-order chi connectivity index (χ0) is 10.7. The third-order valence-corrected chi connectivity index (χ3v) is 2.85. The third kappa shape index (κ3) is 2.03. The molecule has 0 fully saturated rings. The van der Waals surface area contributed by atoms with Gasteiger partial charge in [-0.05, 0) is 49.4 Å². The van der Waals surface area contributed by atoms with Crippen molar-refractivity contribution in [3.63, 3.8) is 0 Å². The summed E-state index contributed by atoms with van der Waals surface area (Å²) >= 11 is 5.77. The van der Waals surface area contributed by atoms with Crippen LogP contribution in [0.1, 0.15) is 22.3 Å². The van der Waals surface area contributed by atoms with Crippen LogP contribution in [0.15, 0.2) is 6.07 Å². The fourth-order valence-electron chi connectivity index (χ4n) is 1.79. The Kier molecular flexibility index (Phi) is 3.82. The lowest BCUT2D eigenvalue weighted by atomic mass is 9.97. The summed E-state index contributed by atoms with van der Waals surface area (Å²) in [6.45, 7) is 6.30. The van der Waals surface area contributed by atoms with Gasteiger partial charge < -0.3 is 4.74 Å². The van der Waals surface area contributed by atoms with Crippen LogP contribution < -0.4 is 4.74 Å². The maximum Gasteiger partial charge on any atom is 0.125 e. The minimum Gasteiger partial charge on any atom is -0.496 e. The molecule has 1 nitrogen and oxygen atoms in total. The Morgan fingerprint density at radius 2 is 1.86 bits per heavy atom. The van der Waals surface area contributed by atoms with Crippen LogP contribution >= 0.6 is 11.6 Å². The van der Waals surface area contributed by atoms with Crippen LogP contribution in [-0.2, 0) is 6.42 Å². The lowest BCUT2D eigenvalue weighted by molar-refractivity contribution is 0.406. The molecule has 1 rings (SSSR count). The standard InChI is InChI=1S/C12H17ClO/c1-8-7-9(2)11(5-6-13)12(14-4)10(8)3/h7H,5-6H2,1-4H3. The molecular formula is C12H17ClO. The van der Waals surface area contributed by atoms with Crippen LogP contribution in [0.25, 0.3) is 0 Å². The zero-order valence-electron chi connectivity index (χ0n) is 9.28. The summed E-state index contributed by atoms with van der Waals surface area (Å²) in [6.07, 6.45) is 0.873. The normalized spacial score (nSPS) is 10.4. The number of halogens is 1. The van der Waals surface area contributed by atoms with Crippen molar-refractivity contribution >= 4 is 11.6 Å². The largest absolute Gasteiger partial charge is 0.496 e. The summed E-state index contributed by atoms with van der Waals surface area (Å²) in [4.78, 5) is 0. The second-order valence-corrected chi connectivity index (χ2v) is 3.96. The van der Waals surface area contributed by atoms with E-state index in [0.717, 1.165) is 12.2 Å². The summed E-state index contributed by atoms with van der Waals surface area (Å²) in [5, 5.41) is 0. The number of methoxy groups -OCH3 is 1. The quantitative estimate of drug-likeness (QED) is 0.698. The monoisotopic (exact) mass is 212 g/mol. The Bertz CT molecular complexity index is 332. The van der Waals surface area contributed by atoms with Crippen molar-refractivity contribution in [1.29, 1.82) is 0 Å². The van der Waals surface area contributed by atoms with Crippen LogP contribution in [0, 0.1) is 20.8 Å². The Balaban J connectivity index is 3.31. The van der Waals surface area contributed by atoms with E-state index in [1.807, 2.05) is 0 Å². The fraction of sp³-hybridized carbons (Fsp3) is 0.500. The molecule has 78 valence electrons. The molecule has 0 heterocycles. The van der Waals surface area contributed by atoms with Gasteiger partial charge in [0, 0.05) is 5.88 Å². The highest BCUT2D eigenvalue weighted by Gasteiger charge is 2.11. The first-order chi connectivity index (χ1) is 6.61. The van der Waals surface area contributed by atoms with E-state index < -0.39 is 0 Å². The lowest BCUT2D eigenvalue weighted by Crippen LogP contribution is -2.00. The van der Waals surface area contributed by atoms with Gasteiger partial charge in [-0.15, -0.1) is 11.6 Å². The molecule has 0 atom stereocenters. The van der Waals surface area contributed by atoms with Crippen molar-refractivity contribution in [1.82, 2.24) is 0 Å². The maximum atomic E-state index is 5.77. The smallest absolute Gasteiger partial charge is 0.125 e. The number of alkyl halides is 1. The maximum absolute atomic E-state index is 5.77. The zero-order valence-corrected chi connectivity index (χ0v) is 10.0. The molecule has 1 aromatic carbocycles. The first-order valence-corrected chi connectivity index (χ1v) is 5.35. The van der Waals surface area contributed by atoms with Gasteiger partial charge in [-0.25, -0.2) is 0 Å². The van der Waals surface area contributed by atoms with E-state index in [1.165, 1.54) is 22.3 Å². The molecule has 0 N–H and O–H groups in total. The second-order valence-electron chi connectivity index (χ2n) is 3.59. The van der Waals surface area contributed by atoms with Crippen molar-refractivity contribution in [2.45, 2.75) is 27.2 Å². The van der Waals surface area contributed by atoms with Crippen LogP contribution in [0.4, 0.5) is 0 Å². The van der Waals surface area contributed by atoms with Gasteiger partial charge >= 0.3 is 0 Å². The molecule has 0 bridgehead atoms. The molecule has 1 aromatic rings. The van der Waals surface area contributed by atoms with E-state index in [9.17, 15) is 0 Å². The molecule has 0 aliphatic carbocycles. The molecule has 0 amide bonds.